The minimum absolute atomic E-state index is 0.113. The molecule has 0 bridgehead atoms. The molecule has 0 radical (unpaired) electrons. The number of rotatable bonds is 6. The fraction of sp³-hybridized carbons (Fsp3) is 0.333. The average Bonchev–Trinajstić information content (AvgIpc) is 3.26. The molecule has 1 atom stereocenters. The summed E-state index contributed by atoms with van der Waals surface area (Å²) in [6, 6.07) is 5.92. The van der Waals surface area contributed by atoms with Gasteiger partial charge in [-0.25, -0.2) is 4.39 Å². The van der Waals surface area contributed by atoms with Crippen LogP contribution in [0.2, 0.25) is 0 Å². The van der Waals surface area contributed by atoms with Crippen LogP contribution in [-0.4, -0.2) is 35.9 Å². The molecule has 3 N–H and O–H groups in total. The van der Waals surface area contributed by atoms with Crippen molar-refractivity contribution < 1.29 is 18.7 Å². The first-order valence-corrected chi connectivity index (χ1v) is 8.18. The SMILES string of the molecule is CC(=O)c1c[nH]c(C(=O)Nc2ccc(NCC3CCCO3)c(F)c2)c1. The number of ether oxygens (including phenoxy) is 1. The number of hydrogen-bond donors (Lipinski definition) is 3. The number of ketones is 1. The van der Waals surface area contributed by atoms with Gasteiger partial charge in [0.25, 0.3) is 5.91 Å². The summed E-state index contributed by atoms with van der Waals surface area (Å²) in [7, 11) is 0. The Kier molecular flexibility index (Phi) is 5.14. The molecule has 1 fully saturated rings. The van der Waals surface area contributed by atoms with E-state index in [0.717, 1.165) is 19.4 Å². The van der Waals surface area contributed by atoms with Crippen LogP contribution in [0.15, 0.2) is 30.5 Å². The summed E-state index contributed by atoms with van der Waals surface area (Å²) in [5, 5.41) is 5.63. The smallest absolute Gasteiger partial charge is 0.272 e. The van der Waals surface area contributed by atoms with Gasteiger partial charge in [0, 0.05) is 30.6 Å². The number of aromatic amines is 1. The molecule has 6 nitrogen and oxygen atoms in total. The molecule has 2 aromatic rings. The van der Waals surface area contributed by atoms with Crippen molar-refractivity contribution in [3.63, 3.8) is 0 Å². The van der Waals surface area contributed by atoms with E-state index >= 15 is 0 Å². The van der Waals surface area contributed by atoms with Crippen LogP contribution in [0.3, 0.4) is 0 Å². The van der Waals surface area contributed by atoms with Crippen molar-refractivity contribution in [3.8, 4) is 0 Å². The number of carbonyl (C=O) groups excluding carboxylic acids is 2. The monoisotopic (exact) mass is 345 g/mol. The molecule has 0 aliphatic carbocycles. The van der Waals surface area contributed by atoms with Gasteiger partial charge in [0.1, 0.15) is 11.5 Å². The minimum Gasteiger partial charge on any atom is -0.380 e. The second kappa shape index (κ2) is 7.48. The molecule has 7 heteroatoms. The van der Waals surface area contributed by atoms with E-state index in [0.29, 0.717) is 23.5 Å². The molecule has 132 valence electrons. The molecule has 3 rings (SSSR count). The third-order valence-electron chi connectivity index (χ3n) is 4.11. The Balaban J connectivity index is 1.61. The Labute approximate surface area is 144 Å². The third kappa shape index (κ3) is 4.24. The number of anilines is 2. The van der Waals surface area contributed by atoms with Crippen LogP contribution in [0.4, 0.5) is 15.8 Å². The second-order valence-corrected chi connectivity index (χ2v) is 6.02. The van der Waals surface area contributed by atoms with Gasteiger partial charge >= 0.3 is 0 Å². The number of hydrogen-bond acceptors (Lipinski definition) is 4. The normalized spacial score (nSPS) is 16.6. The molecule has 1 aromatic heterocycles. The quantitative estimate of drug-likeness (QED) is 0.702. The van der Waals surface area contributed by atoms with Crippen molar-refractivity contribution >= 4 is 23.1 Å². The zero-order valence-electron chi connectivity index (χ0n) is 13.9. The van der Waals surface area contributed by atoms with Crippen molar-refractivity contribution in [2.45, 2.75) is 25.9 Å². The van der Waals surface area contributed by atoms with Crippen molar-refractivity contribution in [2.24, 2.45) is 0 Å². The number of amides is 1. The van der Waals surface area contributed by atoms with Crippen LogP contribution in [0.25, 0.3) is 0 Å². The highest BCUT2D eigenvalue weighted by atomic mass is 19.1. The molecule has 1 saturated heterocycles. The van der Waals surface area contributed by atoms with Crippen molar-refractivity contribution in [3.05, 3.63) is 47.5 Å². The summed E-state index contributed by atoms with van der Waals surface area (Å²) < 4.78 is 19.7. The highest BCUT2D eigenvalue weighted by Gasteiger charge is 2.16. The summed E-state index contributed by atoms with van der Waals surface area (Å²) in [6.07, 6.45) is 3.59. The number of aromatic nitrogens is 1. The number of nitrogens with one attached hydrogen (secondary N) is 3. The third-order valence-corrected chi connectivity index (χ3v) is 4.11. The summed E-state index contributed by atoms with van der Waals surface area (Å²) in [6.45, 7) is 2.73. The van der Waals surface area contributed by atoms with Gasteiger partial charge in [-0.15, -0.1) is 0 Å². The van der Waals surface area contributed by atoms with Crippen LogP contribution in [0.5, 0.6) is 0 Å². The van der Waals surface area contributed by atoms with E-state index in [1.165, 1.54) is 25.3 Å². The Morgan fingerprint density at radius 2 is 2.20 bits per heavy atom. The topological polar surface area (TPSA) is 83.2 Å². The van der Waals surface area contributed by atoms with Crippen LogP contribution >= 0.6 is 0 Å². The lowest BCUT2D eigenvalue weighted by atomic mass is 10.2. The average molecular weight is 345 g/mol. The fourth-order valence-electron chi connectivity index (χ4n) is 2.69. The highest BCUT2D eigenvalue weighted by Crippen LogP contribution is 2.21. The van der Waals surface area contributed by atoms with Gasteiger partial charge < -0.3 is 20.4 Å². The lowest BCUT2D eigenvalue weighted by Gasteiger charge is -2.13. The zero-order chi connectivity index (χ0) is 17.8. The van der Waals surface area contributed by atoms with Gasteiger partial charge in [0.2, 0.25) is 0 Å². The largest absolute Gasteiger partial charge is 0.380 e. The number of halogens is 1. The molecular weight excluding hydrogens is 325 g/mol. The lowest BCUT2D eigenvalue weighted by molar-refractivity contribution is 0.101. The van der Waals surface area contributed by atoms with Crippen molar-refractivity contribution in [1.29, 1.82) is 0 Å². The zero-order valence-corrected chi connectivity index (χ0v) is 13.9. The first-order valence-electron chi connectivity index (χ1n) is 8.18. The molecule has 1 aromatic carbocycles. The summed E-state index contributed by atoms with van der Waals surface area (Å²) in [4.78, 5) is 26.1. The van der Waals surface area contributed by atoms with E-state index in [9.17, 15) is 14.0 Å². The van der Waals surface area contributed by atoms with Gasteiger partial charge in [-0.05, 0) is 44.0 Å². The molecule has 1 unspecified atom stereocenters. The summed E-state index contributed by atoms with van der Waals surface area (Å²) in [5.41, 5.74) is 1.37. The maximum atomic E-state index is 14.2. The molecule has 1 aliphatic heterocycles. The van der Waals surface area contributed by atoms with E-state index in [1.54, 1.807) is 12.1 Å². The van der Waals surface area contributed by atoms with E-state index in [4.69, 9.17) is 4.74 Å². The van der Waals surface area contributed by atoms with Gasteiger partial charge in [-0.3, -0.25) is 9.59 Å². The second-order valence-electron chi connectivity index (χ2n) is 6.02. The number of carbonyl (C=O) groups is 2. The summed E-state index contributed by atoms with van der Waals surface area (Å²) >= 11 is 0. The Morgan fingerprint density at radius 3 is 2.84 bits per heavy atom. The van der Waals surface area contributed by atoms with E-state index in [-0.39, 0.29) is 17.6 Å². The minimum atomic E-state index is -0.452. The lowest BCUT2D eigenvalue weighted by Crippen LogP contribution is -2.19. The number of H-pyrrole nitrogens is 1. The highest BCUT2D eigenvalue weighted by molar-refractivity contribution is 6.05. The van der Waals surface area contributed by atoms with E-state index in [2.05, 4.69) is 15.6 Å². The molecule has 2 heterocycles. The predicted molar refractivity (Wildman–Crippen MR) is 92.6 cm³/mol. The van der Waals surface area contributed by atoms with Crippen LogP contribution < -0.4 is 10.6 Å². The Bertz CT molecular complexity index is 782. The molecule has 0 spiro atoms. The summed E-state index contributed by atoms with van der Waals surface area (Å²) in [5.74, 6) is -1.03. The van der Waals surface area contributed by atoms with Gasteiger partial charge in [0.15, 0.2) is 5.78 Å². The molecule has 0 saturated carbocycles. The van der Waals surface area contributed by atoms with Gasteiger partial charge in [-0.1, -0.05) is 0 Å². The van der Waals surface area contributed by atoms with E-state index in [1.807, 2.05) is 0 Å². The maximum Gasteiger partial charge on any atom is 0.272 e. The first kappa shape index (κ1) is 17.2. The molecule has 1 amide bonds. The predicted octanol–water partition coefficient (Wildman–Crippen LogP) is 3.20. The maximum absolute atomic E-state index is 14.2. The molecular formula is C18H20FN3O3. The van der Waals surface area contributed by atoms with Crippen molar-refractivity contribution in [2.75, 3.05) is 23.8 Å². The van der Waals surface area contributed by atoms with Gasteiger partial charge in [-0.2, -0.15) is 0 Å². The van der Waals surface area contributed by atoms with Crippen LogP contribution in [0.1, 0.15) is 40.6 Å². The number of benzene rings is 1. The van der Waals surface area contributed by atoms with Crippen LogP contribution in [-0.2, 0) is 4.74 Å². The van der Waals surface area contributed by atoms with Gasteiger partial charge in [0.05, 0.1) is 11.8 Å². The Morgan fingerprint density at radius 1 is 1.36 bits per heavy atom. The van der Waals surface area contributed by atoms with E-state index < -0.39 is 11.7 Å². The Hall–Kier alpha value is -2.67. The van der Waals surface area contributed by atoms with Crippen molar-refractivity contribution in [1.82, 2.24) is 4.98 Å². The first-order chi connectivity index (χ1) is 12.0. The molecule has 25 heavy (non-hydrogen) atoms. The number of Topliss-reactive ketones (excluding diaryl/α,β-unsaturated/α-hetero) is 1. The molecule has 1 aliphatic rings. The fourth-order valence-corrected chi connectivity index (χ4v) is 2.69. The van der Waals surface area contributed by atoms with Crippen LogP contribution in [0, 0.1) is 5.82 Å². The standard InChI is InChI=1S/C18H20FN3O3/c1-11(23)12-7-17(20-9-12)18(24)22-13-4-5-16(15(19)8-13)21-10-14-3-2-6-25-14/h4-5,7-9,14,20-21H,2-3,6,10H2,1H3,(H,22,24).